The molecule has 136 valence electrons. The molecule has 0 spiro atoms. The van der Waals surface area contributed by atoms with Gasteiger partial charge in [0.15, 0.2) is 0 Å². The molecule has 27 heavy (non-hydrogen) atoms. The predicted molar refractivity (Wildman–Crippen MR) is 118 cm³/mol. The van der Waals surface area contributed by atoms with Crippen LogP contribution in [0.2, 0.25) is 0 Å². The first-order valence-electron chi connectivity index (χ1n) is 9.04. The molecule has 0 N–H and O–H groups in total. The summed E-state index contributed by atoms with van der Waals surface area (Å²) in [4.78, 5) is 7.44. The van der Waals surface area contributed by atoms with E-state index < -0.39 is 0 Å². The van der Waals surface area contributed by atoms with Gasteiger partial charge in [-0.15, -0.1) is 34.0 Å². The molecule has 2 nitrogen and oxygen atoms in total. The first-order chi connectivity index (χ1) is 13.2. The SMILES string of the molecule is CCCCCCc1ccc(-c2ccc(-c3ccc(C=C(C#N)C#N)s3)s2)s1. The lowest BCUT2D eigenvalue weighted by atomic mass is 10.1. The average molecular weight is 409 g/mol. The highest BCUT2D eigenvalue weighted by Crippen LogP contribution is 2.40. The van der Waals surface area contributed by atoms with Gasteiger partial charge in [-0.3, -0.25) is 0 Å². The molecule has 0 aromatic carbocycles. The summed E-state index contributed by atoms with van der Waals surface area (Å²) in [5.74, 6) is 0. The fourth-order valence-electron chi connectivity index (χ4n) is 2.77. The molecule has 0 aliphatic carbocycles. The van der Waals surface area contributed by atoms with Gasteiger partial charge in [0.1, 0.15) is 17.7 Å². The monoisotopic (exact) mass is 408 g/mol. The number of unbranched alkanes of at least 4 members (excludes halogenated alkanes) is 3. The molecule has 3 aromatic rings. The molecule has 0 fully saturated rings. The Balaban J connectivity index is 1.70. The van der Waals surface area contributed by atoms with Crippen molar-refractivity contribution in [3.8, 4) is 31.6 Å². The van der Waals surface area contributed by atoms with Crippen molar-refractivity contribution < 1.29 is 0 Å². The van der Waals surface area contributed by atoms with Gasteiger partial charge in [0.2, 0.25) is 0 Å². The van der Waals surface area contributed by atoms with Crippen LogP contribution in [0.4, 0.5) is 0 Å². The lowest BCUT2D eigenvalue weighted by Gasteiger charge is -1.96. The topological polar surface area (TPSA) is 47.6 Å². The van der Waals surface area contributed by atoms with E-state index in [1.54, 1.807) is 28.7 Å². The number of thiophene rings is 3. The molecule has 0 atom stereocenters. The molecule has 0 radical (unpaired) electrons. The van der Waals surface area contributed by atoms with Crippen LogP contribution in [0.1, 0.15) is 42.4 Å². The Kier molecular flexibility index (Phi) is 7.01. The maximum absolute atomic E-state index is 8.89. The van der Waals surface area contributed by atoms with Gasteiger partial charge in [0.25, 0.3) is 0 Å². The molecular weight excluding hydrogens is 388 g/mol. The van der Waals surface area contributed by atoms with E-state index in [9.17, 15) is 0 Å². The van der Waals surface area contributed by atoms with Crippen LogP contribution in [0.25, 0.3) is 25.6 Å². The smallest absolute Gasteiger partial charge is 0.131 e. The first-order valence-corrected chi connectivity index (χ1v) is 11.5. The van der Waals surface area contributed by atoms with Crippen LogP contribution in [0.5, 0.6) is 0 Å². The van der Waals surface area contributed by atoms with Crippen molar-refractivity contribution in [2.24, 2.45) is 0 Å². The van der Waals surface area contributed by atoms with Crippen molar-refractivity contribution in [2.45, 2.75) is 39.0 Å². The normalized spacial score (nSPS) is 10.3. The summed E-state index contributed by atoms with van der Waals surface area (Å²) in [5, 5.41) is 17.8. The van der Waals surface area contributed by atoms with Gasteiger partial charge in [0, 0.05) is 29.3 Å². The van der Waals surface area contributed by atoms with E-state index in [0.717, 1.165) is 4.88 Å². The fraction of sp³-hybridized carbons (Fsp3) is 0.273. The zero-order valence-electron chi connectivity index (χ0n) is 15.2. The second kappa shape index (κ2) is 9.67. The second-order valence-corrected chi connectivity index (χ2v) is 9.59. The molecular formula is C22H20N2S3. The molecule has 0 saturated carbocycles. The Morgan fingerprint density at radius 2 is 1.44 bits per heavy atom. The summed E-state index contributed by atoms with van der Waals surface area (Å²) in [6, 6.07) is 16.7. The molecule has 0 saturated heterocycles. The number of allylic oxidation sites excluding steroid dienone is 1. The molecule has 0 unspecified atom stereocenters. The number of hydrogen-bond donors (Lipinski definition) is 0. The van der Waals surface area contributed by atoms with E-state index in [4.69, 9.17) is 10.5 Å². The van der Waals surface area contributed by atoms with Crippen molar-refractivity contribution in [1.82, 2.24) is 0 Å². The lowest BCUT2D eigenvalue weighted by Crippen LogP contribution is -1.80. The standard InChI is InChI=1S/C22H20N2S3/c1-2-3-4-5-6-17-7-9-19(25-17)21-11-12-22(27-21)20-10-8-18(26-20)13-16(14-23)15-24/h7-13H,2-6H2,1H3. The van der Waals surface area contributed by atoms with E-state index >= 15 is 0 Å². The average Bonchev–Trinajstić information content (AvgIpc) is 3.43. The summed E-state index contributed by atoms with van der Waals surface area (Å²) in [5.41, 5.74) is 0.139. The minimum absolute atomic E-state index is 0.139. The van der Waals surface area contributed by atoms with Crippen LogP contribution in [-0.4, -0.2) is 0 Å². The molecule has 0 aliphatic rings. The van der Waals surface area contributed by atoms with Crippen LogP contribution >= 0.6 is 34.0 Å². The fourth-order valence-corrected chi connectivity index (χ4v) is 5.96. The van der Waals surface area contributed by atoms with Gasteiger partial charge in [-0.25, -0.2) is 0 Å². The Labute approximate surface area is 172 Å². The van der Waals surface area contributed by atoms with Crippen molar-refractivity contribution in [3.05, 3.63) is 51.7 Å². The van der Waals surface area contributed by atoms with Gasteiger partial charge in [-0.1, -0.05) is 26.2 Å². The molecule has 3 rings (SSSR count). The van der Waals surface area contributed by atoms with Gasteiger partial charge in [0.05, 0.1) is 0 Å². The molecule has 0 bridgehead atoms. The predicted octanol–water partition coefficient (Wildman–Crippen LogP) is 7.76. The number of rotatable bonds is 8. The van der Waals surface area contributed by atoms with Crippen LogP contribution < -0.4 is 0 Å². The Morgan fingerprint density at radius 1 is 0.815 bits per heavy atom. The Hall–Kier alpha value is -2.18. The maximum atomic E-state index is 8.89. The summed E-state index contributed by atoms with van der Waals surface area (Å²) >= 11 is 5.31. The van der Waals surface area contributed by atoms with Crippen LogP contribution in [0.3, 0.4) is 0 Å². The largest absolute Gasteiger partial charge is 0.192 e. The van der Waals surface area contributed by atoms with E-state index in [1.807, 2.05) is 29.5 Å². The third kappa shape index (κ3) is 5.17. The zero-order chi connectivity index (χ0) is 19.1. The molecule has 0 aliphatic heterocycles. The molecule has 3 aromatic heterocycles. The molecule has 0 amide bonds. The minimum Gasteiger partial charge on any atom is -0.192 e. The molecule has 5 heteroatoms. The van der Waals surface area contributed by atoms with Crippen LogP contribution in [0, 0.1) is 22.7 Å². The number of hydrogen-bond acceptors (Lipinski definition) is 5. The number of nitriles is 2. The Bertz CT molecular complexity index is 989. The van der Waals surface area contributed by atoms with Crippen molar-refractivity contribution >= 4 is 40.1 Å². The van der Waals surface area contributed by atoms with E-state index in [1.165, 1.54) is 56.5 Å². The highest BCUT2D eigenvalue weighted by Gasteiger charge is 2.10. The van der Waals surface area contributed by atoms with Crippen LogP contribution in [0.15, 0.2) is 42.0 Å². The third-order valence-corrected chi connectivity index (χ3v) is 7.84. The van der Waals surface area contributed by atoms with Crippen LogP contribution in [-0.2, 0) is 6.42 Å². The Morgan fingerprint density at radius 3 is 2.15 bits per heavy atom. The number of nitrogens with zero attached hydrogens (tertiary/aromatic N) is 2. The second-order valence-electron chi connectivity index (χ2n) is 6.22. The highest BCUT2D eigenvalue weighted by molar-refractivity contribution is 7.26. The summed E-state index contributed by atoms with van der Waals surface area (Å²) < 4.78 is 0. The third-order valence-electron chi connectivity index (χ3n) is 4.18. The van der Waals surface area contributed by atoms with E-state index in [-0.39, 0.29) is 5.57 Å². The van der Waals surface area contributed by atoms with Crippen molar-refractivity contribution in [2.75, 3.05) is 0 Å². The van der Waals surface area contributed by atoms with Crippen molar-refractivity contribution in [3.63, 3.8) is 0 Å². The van der Waals surface area contributed by atoms with Crippen molar-refractivity contribution in [1.29, 1.82) is 10.5 Å². The number of aryl methyl sites for hydroxylation is 1. The van der Waals surface area contributed by atoms with E-state index in [0.29, 0.717) is 0 Å². The van der Waals surface area contributed by atoms with Gasteiger partial charge in [-0.2, -0.15) is 10.5 Å². The summed E-state index contributed by atoms with van der Waals surface area (Å²) in [7, 11) is 0. The maximum Gasteiger partial charge on any atom is 0.131 e. The van der Waals surface area contributed by atoms with Gasteiger partial charge < -0.3 is 0 Å². The summed E-state index contributed by atoms with van der Waals surface area (Å²) in [6.07, 6.45) is 8.04. The van der Waals surface area contributed by atoms with Gasteiger partial charge >= 0.3 is 0 Å². The zero-order valence-corrected chi connectivity index (χ0v) is 17.6. The summed E-state index contributed by atoms with van der Waals surface area (Å²) in [6.45, 7) is 2.25. The van der Waals surface area contributed by atoms with E-state index in [2.05, 4.69) is 37.3 Å². The molecule has 3 heterocycles. The quantitative estimate of drug-likeness (QED) is 0.282. The minimum atomic E-state index is 0.139. The first kappa shape index (κ1) is 19.6. The lowest BCUT2D eigenvalue weighted by molar-refractivity contribution is 0.670. The van der Waals surface area contributed by atoms with Gasteiger partial charge in [-0.05, 0) is 55.3 Å². The highest BCUT2D eigenvalue weighted by atomic mass is 32.1.